The van der Waals surface area contributed by atoms with Crippen LogP contribution in [0.2, 0.25) is 0 Å². The van der Waals surface area contributed by atoms with Crippen molar-refractivity contribution in [2.75, 3.05) is 6.61 Å². The molecule has 0 fully saturated rings. The Bertz CT molecular complexity index is 266. The van der Waals surface area contributed by atoms with E-state index < -0.39 is 24.4 Å². The van der Waals surface area contributed by atoms with Gasteiger partial charge in [0.15, 0.2) is 5.60 Å². The molecule has 0 aliphatic rings. The Kier molecular flexibility index (Phi) is 5.88. The molecule has 0 atom stereocenters. The lowest BCUT2D eigenvalue weighted by molar-refractivity contribution is -0.169. The summed E-state index contributed by atoms with van der Waals surface area (Å²) < 4.78 is 4.76. The molecule has 0 rings (SSSR count). The molecule has 92 valence electrons. The molecule has 0 spiro atoms. The van der Waals surface area contributed by atoms with E-state index in [1.165, 1.54) is 13.8 Å². The van der Waals surface area contributed by atoms with Crippen LogP contribution in [0.15, 0.2) is 0 Å². The summed E-state index contributed by atoms with van der Waals surface area (Å²) in [5.74, 6) is -1.63. The van der Waals surface area contributed by atoms with Crippen molar-refractivity contribution in [2.24, 2.45) is 0 Å². The monoisotopic (exact) mass is 230 g/mol. The molecule has 5 nitrogen and oxygen atoms in total. The van der Waals surface area contributed by atoms with Gasteiger partial charge in [-0.15, -0.1) is 0 Å². The summed E-state index contributed by atoms with van der Waals surface area (Å²) in [5.41, 5.74) is -2.01. The minimum absolute atomic E-state index is 0.164. The van der Waals surface area contributed by atoms with Gasteiger partial charge in [-0.1, -0.05) is 6.92 Å². The largest absolute Gasteiger partial charge is 0.464 e. The highest BCUT2D eigenvalue weighted by Gasteiger charge is 2.40. The molecule has 0 radical (unpaired) electrons. The van der Waals surface area contributed by atoms with Crippen molar-refractivity contribution in [3.8, 4) is 0 Å². The van der Waals surface area contributed by atoms with Gasteiger partial charge in [-0.2, -0.15) is 0 Å². The van der Waals surface area contributed by atoms with Gasteiger partial charge in [0.1, 0.15) is 11.6 Å². The first-order valence-electron chi connectivity index (χ1n) is 5.20. The number of Topliss-reactive ketones (excluding diaryl/α,β-unsaturated/α-hetero) is 2. The summed E-state index contributed by atoms with van der Waals surface area (Å²) in [6.45, 7) is 4.47. The second-order valence-electron chi connectivity index (χ2n) is 3.93. The number of carbonyl (C=O) groups is 3. The number of aliphatic hydroxyl groups is 1. The summed E-state index contributed by atoms with van der Waals surface area (Å²) in [5, 5.41) is 9.93. The van der Waals surface area contributed by atoms with Crippen LogP contribution < -0.4 is 0 Å². The van der Waals surface area contributed by atoms with Crippen LogP contribution >= 0.6 is 0 Å². The number of hydrogen-bond donors (Lipinski definition) is 1. The van der Waals surface area contributed by atoms with Crippen LogP contribution in [0.3, 0.4) is 0 Å². The third kappa shape index (κ3) is 5.02. The Hall–Kier alpha value is -1.23. The van der Waals surface area contributed by atoms with Crippen molar-refractivity contribution >= 4 is 17.5 Å². The summed E-state index contributed by atoms with van der Waals surface area (Å²) in [7, 11) is 0. The summed E-state index contributed by atoms with van der Waals surface area (Å²) in [4.78, 5) is 33.4. The highest BCUT2D eigenvalue weighted by molar-refractivity contribution is 5.92. The predicted molar refractivity (Wildman–Crippen MR) is 56.8 cm³/mol. The lowest BCUT2D eigenvalue weighted by Crippen LogP contribution is -2.43. The maximum absolute atomic E-state index is 11.5. The van der Waals surface area contributed by atoms with Crippen molar-refractivity contribution in [3.05, 3.63) is 0 Å². The van der Waals surface area contributed by atoms with Gasteiger partial charge in [-0.3, -0.25) is 9.59 Å². The molecule has 0 aromatic heterocycles. The third-order valence-corrected chi connectivity index (χ3v) is 1.90. The fourth-order valence-electron chi connectivity index (χ4n) is 1.36. The Balaban J connectivity index is 4.69. The summed E-state index contributed by atoms with van der Waals surface area (Å²) in [6.07, 6.45) is -0.174. The van der Waals surface area contributed by atoms with Crippen molar-refractivity contribution < 1.29 is 24.2 Å². The second-order valence-corrected chi connectivity index (χ2v) is 3.93. The number of rotatable bonds is 7. The van der Waals surface area contributed by atoms with Crippen LogP contribution in [0.1, 0.15) is 40.0 Å². The lowest BCUT2D eigenvalue weighted by Gasteiger charge is -2.23. The quantitative estimate of drug-likeness (QED) is 0.649. The fraction of sp³-hybridized carbons (Fsp3) is 0.727. The number of esters is 1. The highest BCUT2D eigenvalue weighted by Crippen LogP contribution is 2.18. The molecule has 5 heteroatoms. The van der Waals surface area contributed by atoms with Crippen LogP contribution in [0, 0.1) is 0 Å². The van der Waals surface area contributed by atoms with E-state index in [-0.39, 0.29) is 18.2 Å². The van der Waals surface area contributed by atoms with Gasteiger partial charge in [0.25, 0.3) is 0 Å². The summed E-state index contributed by atoms with van der Waals surface area (Å²) in [6, 6.07) is 0. The van der Waals surface area contributed by atoms with Gasteiger partial charge >= 0.3 is 5.97 Å². The molecule has 0 saturated carbocycles. The van der Waals surface area contributed by atoms with Crippen LogP contribution in [-0.2, 0) is 19.1 Å². The molecule has 0 aromatic rings. The van der Waals surface area contributed by atoms with Crippen molar-refractivity contribution in [1.82, 2.24) is 0 Å². The van der Waals surface area contributed by atoms with E-state index in [0.717, 1.165) is 0 Å². The van der Waals surface area contributed by atoms with Crippen molar-refractivity contribution in [1.29, 1.82) is 0 Å². The first-order chi connectivity index (χ1) is 7.31. The Morgan fingerprint density at radius 2 is 1.56 bits per heavy atom. The van der Waals surface area contributed by atoms with Crippen LogP contribution in [-0.4, -0.2) is 34.9 Å². The maximum Gasteiger partial charge on any atom is 0.339 e. The minimum atomic E-state index is -2.01. The van der Waals surface area contributed by atoms with E-state index in [4.69, 9.17) is 4.74 Å². The van der Waals surface area contributed by atoms with E-state index in [1.54, 1.807) is 0 Å². The molecule has 0 heterocycles. The first-order valence-corrected chi connectivity index (χ1v) is 5.20. The minimum Gasteiger partial charge on any atom is -0.464 e. The number of hydrogen-bond acceptors (Lipinski definition) is 5. The smallest absolute Gasteiger partial charge is 0.339 e. The van der Waals surface area contributed by atoms with Gasteiger partial charge in [-0.05, 0) is 20.3 Å². The molecule has 1 N–H and O–H groups in total. The molecular formula is C11H18O5. The molecule has 0 aliphatic carbocycles. The zero-order valence-corrected chi connectivity index (χ0v) is 9.91. The Morgan fingerprint density at radius 3 is 1.88 bits per heavy atom. The second kappa shape index (κ2) is 6.37. The third-order valence-electron chi connectivity index (χ3n) is 1.90. The van der Waals surface area contributed by atoms with Gasteiger partial charge in [0.05, 0.1) is 6.61 Å². The first kappa shape index (κ1) is 14.8. The highest BCUT2D eigenvalue weighted by atomic mass is 16.5. The van der Waals surface area contributed by atoms with Gasteiger partial charge < -0.3 is 9.84 Å². The molecule has 0 saturated heterocycles. The zero-order chi connectivity index (χ0) is 12.8. The maximum atomic E-state index is 11.5. The molecule has 0 aliphatic heterocycles. The Morgan fingerprint density at radius 1 is 1.12 bits per heavy atom. The topological polar surface area (TPSA) is 80.7 Å². The molecule has 0 unspecified atom stereocenters. The van der Waals surface area contributed by atoms with Gasteiger partial charge in [0.2, 0.25) is 0 Å². The molecule has 0 aromatic carbocycles. The van der Waals surface area contributed by atoms with Crippen LogP contribution in [0.5, 0.6) is 0 Å². The summed E-state index contributed by atoms with van der Waals surface area (Å²) >= 11 is 0. The van der Waals surface area contributed by atoms with Crippen molar-refractivity contribution in [3.63, 3.8) is 0 Å². The molecule has 16 heavy (non-hydrogen) atoms. The van der Waals surface area contributed by atoms with Gasteiger partial charge in [-0.25, -0.2) is 4.79 Å². The Labute approximate surface area is 94.8 Å². The van der Waals surface area contributed by atoms with Gasteiger partial charge in [0, 0.05) is 12.8 Å². The average Bonchev–Trinajstić information content (AvgIpc) is 2.11. The number of carbonyl (C=O) groups excluding carboxylic acids is 3. The van der Waals surface area contributed by atoms with E-state index in [2.05, 4.69) is 0 Å². The normalized spacial score (nSPS) is 11.0. The number of ether oxygens (including phenoxy) is 1. The average molecular weight is 230 g/mol. The van der Waals surface area contributed by atoms with E-state index >= 15 is 0 Å². The van der Waals surface area contributed by atoms with Crippen LogP contribution in [0.4, 0.5) is 0 Å². The molecule has 0 amide bonds. The van der Waals surface area contributed by atoms with E-state index in [9.17, 15) is 19.5 Å². The fourth-order valence-corrected chi connectivity index (χ4v) is 1.36. The predicted octanol–water partition coefficient (Wildman–Crippen LogP) is 0.629. The lowest BCUT2D eigenvalue weighted by atomic mass is 9.92. The zero-order valence-electron chi connectivity index (χ0n) is 9.91. The molecular weight excluding hydrogens is 212 g/mol. The van der Waals surface area contributed by atoms with E-state index in [0.29, 0.717) is 6.42 Å². The molecule has 0 bridgehead atoms. The van der Waals surface area contributed by atoms with E-state index in [1.807, 2.05) is 6.92 Å². The number of ketones is 2. The standard InChI is InChI=1S/C11H18O5/c1-4-5-16-10(14)11(15,6-8(2)12)7-9(3)13/h15H,4-7H2,1-3H3. The SMILES string of the molecule is CCCOC(=O)C(O)(CC(C)=O)CC(C)=O. The van der Waals surface area contributed by atoms with Crippen LogP contribution in [0.25, 0.3) is 0 Å². The van der Waals surface area contributed by atoms with Crippen molar-refractivity contribution in [2.45, 2.75) is 45.6 Å².